The highest BCUT2D eigenvalue weighted by atomic mass is 32.1. The smallest absolute Gasteiger partial charge is 0.269 e. The molecular formula is C16H15N3O4S. The summed E-state index contributed by atoms with van der Waals surface area (Å²) >= 11 is 4.92. The molecule has 124 valence electrons. The molecule has 0 atom stereocenters. The number of benzene rings is 1. The van der Waals surface area contributed by atoms with Crippen molar-refractivity contribution < 1.29 is 18.7 Å². The summed E-state index contributed by atoms with van der Waals surface area (Å²) in [6.07, 6.45) is 4.25. The van der Waals surface area contributed by atoms with Gasteiger partial charge in [0.25, 0.3) is 5.91 Å². The molecule has 0 saturated heterocycles. The highest BCUT2D eigenvalue weighted by Crippen LogP contribution is 2.10. The lowest BCUT2D eigenvalue weighted by atomic mass is 10.2. The number of carbonyl (C=O) groups is 2. The first-order valence-corrected chi connectivity index (χ1v) is 7.26. The SMILES string of the molecule is COc1ccc(C(=O)NNC(=S)NC(=O)/C=C/c2ccco2)cc1. The summed E-state index contributed by atoms with van der Waals surface area (Å²) in [6.45, 7) is 0. The van der Waals surface area contributed by atoms with E-state index >= 15 is 0 Å². The molecule has 2 aromatic rings. The van der Waals surface area contributed by atoms with Crippen molar-refractivity contribution in [3.05, 3.63) is 60.1 Å². The molecule has 8 heteroatoms. The van der Waals surface area contributed by atoms with E-state index < -0.39 is 11.8 Å². The zero-order valence-corrected chi connectivity index (χ0v) is 13.6. The van der Waals surface area contributed by atoms with Crippen LogP contribution in [0, 0.1) is 0 Å². The first kappa shape index (κ1) is 17.2. The van der Waals surface area contributed by atoms with Crippen LogP contribution in [0.4, 0.5) is 0 Å². The van der Waals surface area contributed by atoms with Crippen molar-refractivity contribution in [3.8, 4) is 5.75 Å². The van der Waals surface area contributed by atoms with Gasteiger partial charge >= 0.3 is 0 Å². The maximum atomic E-state index is 11.9. The van der Waals surface area contributed by atoms with Crippen molar-refractivity contribution in [2.45, 2.75) is 0 Å². The Labute approximate surface area is 143 Å². The van der Waals surface area contributed by atoms with Gasteiger partial charge in [-0.25, -0.2) is 0 Å². The molecule has 0 fully saturated rings. The second kappa shape index (κ2) is 8.49. The molecule has 2 rings (SSSR count). The number of hydrogen-bond donors (Lipinski definition) is 3. The van der Waals surface area contributed by atoms with Crippen molar-refractivity contribution in [1.82, 2.24) is 16.2 Å². The number of amides is 2. The summed E-state index contributed by atoms with van der Waals surface area (Å²) < 4.78 is 10.1. The van der Waals surface area contributed by atoms with E-state index in [2.05, 4.69) is 16.2 Å². The molecule has 3 N–H and O–H groups in total. The molecule has 24 heavy (non-hydrogen) atoms. The molecule has 1 aromatic carbocycles. The van der Waals surface area contributed by atoms with Crippen molar-refractivity contribution in [2.75, 3.05) is 7.11 Å². The summed E-state index contributed by atoms with van der Waals surface area (Å²) in [5.74, 6) is 0.324. The molecule has 1 heterocycles. The Bertz CT molecular complexity index is 739. The van der Waals surface area contributed by atoms with E-state index in [0.29, 0.717) is 17.1 Å². The van der Waals surface area contributed by atoms with Gasteiger partial charge in [0.2, 0.25) is 5.91 Å². The Morgan fingerprint density at radius 3 is 2.54 bits per heavy atom. The van der Waals surface area contributed by atoms with E-state index in [-0.39, 0.29) is 5.11 Å². The van der Waals surface area contributed by atoms with Crippen LogP contribution in [0.25, 0.3) is 6.08 Å². The summed E-state index contributed by atoms with van der Waals surface area (Å²) in [5, 5.41) is 2.35. The van der Waals surface area contributed by atoms with Crippen LogP contribution in [0.15, 0.2) is 53.2 Å². The van der Waals surface area contributed by atoms with E-state index in [1.807, 2.05) is 0 Å². The number of methoxy groups -OCH3 is 1. The predicted molar refractivity (Wildman–Crippen MR) is 92.1 cm³/mol. The maximum Gasteiger partial charge on any atom is 0.269 e. The zero-order chi connectivity index (χ0) is 17.4. The number of hydrazine groups is 1. The summed E-state index contributed by atoms with van der Waals surface area (Å²) in [6, 6.07) is 9.93. The average molecular weight is 345 g/mol. The lowest BCUT2D eigenvalue weighted by molar-refractivity contribution is -0.115. The van der Waals surface area contributed by atoms with E-state index in [0.717, 1.165) is 0 Å². The summed E-state index contributed by atoms with van der Waals surface area (Å²) in [4.78, 5) is 23.5. The van der Waals surface area contributed by atoms with Gasteiger partial charge < -0.3 is 9.15 Å². The van der Waals surface area contributed by atoms with Crippen molar-refractivity contribution in [1.29, 1.82) is 0 Å². The van der Waals surface area contributed by atoms with Gasteiger partial charge in [-0.05, 0) is 54.7 Å². The highest BCUT2D eigenvalue weighted by molar-refractivity contribution is 7.80. The van der Waals surface area contributed by atoms with Gasteiger partial charge in [0.1, 0.15) is 11.5 Å². The number of rotatable bonds is 4. The topological polar surface area (TPSA) is 92.6 Å². The largest absolute Gasteiger partial charge is 0.497 e. The Hall–Kier alpha value is -3.13. The molecule has 0 saturated carbocycles. The number of thiocarbonyl (C=S) groups is 1. The van der Waals surface area contributed by atoms with Crippen molar-refractivity contribution in [3.63, 3.8) is 0 Å². The number of carbonyl (C=O) groups excluding carboxylic acids is 2. The molecule has 0 aliphatic rings. The molecule has 0 radical (unpaired) electrons. The fraction of sp³-hybridized carbons (Fsp3) is 0.0625. The third kappa shape index (κ3) is 5.25. The monoisotopic (exact) mass is 345 g/mol. The maximum absolute atomic E-state index is 11.9. The standard InChI is InChI=1S/C16H15N3O4S/c1-22-12-6-4-11(5-7-12)15(21)18-19-16(24)17-14(20)9-8-13-3-2-10-23-13/h2-10H,1H3,(H,18,21)(H2,17,19,20,24)/b9-8+. The third-order valence-electron chi connectivity index (χ3n) is 2.82. The Kier molecular flexibility index (Phi) is 6.09. The molecule has 2 amide bonds. The van der Waals surface area contributed by atoms with E-state index in [9.17, 15) is 9.59 Å². The van der Waals surface area contributed by atoms with E-state index in [4.69, 9.17) is 21.4 Å². The zero-order valence-electron chi connectivity index (χ0n) is 12.7. The third-order valence-corrected chi connectivity index (χ3v) is 3.02. The minimum atomic E-state index is -0.456. The van der Waals surface area contributed by atoms with Gasteiger partial charge in [-0.3, -0.25) is 25.8 Å². The van der Waals surface area contributed by atoms with Crippen LogP contribution in [0.5, 0.6) is 5.75 Å². The minimum absolute atomic E-state index is 0.0362. The second-order valence-corrected chi connectivity index (χ2v) is 4.88. The lowest BCUT2D eigenvalue weighted by Gasteiger charge is -2.10. The first-order chi connectivity index (χ1) is 11.6. The van der Waals surface area contributed by atoms with Crippen LogP contribution >= 0.6 is 12.2 Å². The van der Waals surface area contributed by atoms with Crippen molar-refractivity contribution >= 4 is 35.2 Å². The van der Waals surface area contributed by atoms with Crippen LogP contribution in [0.1, 0.15) is 16.1 Å². The fourth-order valence-corrected chi connectivity index (χ4v) is 1.81. The molecule has 1 aromatic heterocycles. The molecule has 0 spiro atoms. The summed E-state index contributed by atoms with van der Waals surface area (Å²) in [5.41, 5.74) is 5.24. The van der Waals surface area contributed by atoms with Gasteiger partial charge in [-0.1, -0.05) is 0 Å². The number of hydrogen-bond acceptors (Lipinski definition) is 5. The Balaban J connectivity index is 1.77. The quantitative estimate of drug-likeness (QED) is 0.443. The minimum Gasteiger partial charge on any atom is -0.497 e. The van der Waals surface area contributed by atoms with Gasteiger partial charge in [0, 0.05) is 11.6 Å². The molecule has 0 bridgehead atoms. The van der Waals surface area contributed by atoms with Crippen LogP contribution in [-0.2, 0) is 4.79 Å². The molecule has 7 nitrogen and oxygen atoms in total. The normalized spacial score (nSPS) is 10.2. The molecular weight excluding hydrogens is 330 g/mol. The van der Waals surface area contributed by atoms with Gasteiger partial charge in [-0.15, -0.1) is 0 Å². The van der Waals surface area contributed by atoms with E-state index in [1.54, 1.807) is 36.4 Å². The van der Waals surface area contributed by atoms with Gasteiger partial charge in [0.15, 0.2) is 5.11 Å². The first-order valence-electron chi connectivity index (χ1n) is 6.85. The van der Waals surface area contributed by atoms with Crippen LogP contribution < -0.4 is 20.9 Å². The van der Waals surface area contributed by atoms with Gasteiger partial charge in [0.05, 0.1) is 13.4 Å². The highest BCUT2D eigenvalue weighted by Gasteiger charge is 2.07. The van der Waals surface area contributed by atoms with Crippen LogP contribution in [0.2, 0.25) is 0 Å². The second-order valence-electron chi connectivity index (χ2n) is 4.47. The Morgan fingerprint density at radius 1 is 1.17 bits per heavy atom. The number of furan rings is 1. The number of nitrogens with one attached hydrogen (secondary N) is 3. The fourth-order valence-electron chi connectivity index (χ4n) is 1.66. The summed E-state index contributed by atoms with van der Waals surface area (Å²) in [7, 11) is 1.54. The Morgan fingerprint density at radius 2 is 1.92 bits per heavy atom. The van der Waals surface area contributed by atoms with Crippen molar-refractivity contribution in [2.24, 2.45) is 0 Å². The van der Waals surface area contributed by atoms with E-state index in [1.165, 1.54) is 25.5 Å². The van der Waals surface area contributed by atoms with Gasteiger partial charge in [-0.2, -0.15) is 0 Å². The van der Waals surface area contributed by atoms with Crippen LogP contribution in [-0.4, -0.2) is 24.0 Å². The predicted octanol–water partition coefficient (Wildman–Crippen LogP) is 1.64. The lowest BCUT2D eigenvalue weighted by Crippen LogP contribution is -2.48. The average Bonchev–Trinajstić information content (AvgIpc) is 3.11. The molecule has 0 aliphatic heterocycles. The van der Waals surface area contributed by atoms with Crippen LogP contribution in [0.3, 0.4) is 0 Å². The molecule has 0 unspecified atom stereocenters. The molecule has 0 aliphatic carbocycles. The number of ether oxygens (including phenoxy) is 1.